The second-order valence-electron chi connectivity index (χ2n) is 6.01. The Labute approximate surface area is 134 Å². The van der Waals surface area contributed by atoms with Crippen LogP contribution >= 0.6 is 0 Å². The molecule has 0 spiro atoms. The van der Waals surface area contributed by atoms with Gasteiger partial charge in [-0.25, -0.2) is 0 Å². The van der Waals surface area contributed by atoms with Crippen molar-refractivity contribution < 1.29 is 9.59 Å². The average Bonchev–Trinajstić information content (AvgIpc) is 2.51. The van der Waals surface area contributed by atoms with E-state index in [-0.39, 0.29) is 17.7 Å². The molecule has 0 radical (unpaired) electrons. The molecule has 0 aromatic heterocycles. The van der Waals surface area contributed by atoms with Gasteiger partial charge in [0.2, 0.25) is 5.91 Å². The number of rotatable bonds is 10. The first-order valence-corrected chi connectivity index (χ1v) is 8.46. The van der Waals surface area contributed by atoms with Crippen molar-refractivity contribution in [2.24, 2.45) is 0 Å². The molecule has 1 fully saturated rings. The number of nitrogens with zero attached hydrogens (tertiary/aromatic N) is 2. The Bertz CT molecular complexity index is 341. The second-order valence-corrected chi connectivity index (χ2v) is 6.01. The lowest BCUT2D eigenvalue weighted by molar-refractivity contribution is -0.122. The van der Waals surface area contributed by atoms with E-state index in [0.29, 0.717) is 13.1 Å². The lowest BCUT2D eigenvalue weighted by atomic mass is 10.1. The van der Waals surface area contributed by atoms with Crippen LogP contribution in [0, 0.1) is 0 Å². The lowest BCUT2D eigenvalue weighted by Gasteiger charge is -2.33. The Balaban J connectivity index is 2.05. The van der Waals surface area contributed by atoms with Crippen molar-refractivity contribution in [3.8, 4) is 0 Å². The maximum absolute atomic E-state index is 11.9. The van der Waals surface area contributed by atoms with Crippen molar-refractivity contribution in [3.63, 3.8) is 0 Å². The van der Waals surface area contributed by atoms with E-state index < -0.39 is 0 Å². The summed E-state index contributed by atoms with van der Waals surface area (Å²) in [6.45, 7) is 10.1. The molecule has 1 saturated heterocycles. The summed E-state index contributed by atoms with van der Waals surface area (Å²) in [5.41, 5.74) is 0. The van der Waals surface area contributed by atoms with Gasteiger partial charge < -0.3 is 15.5 Å². The van der Waals surface area contributed by atoms with E-state index in [4.69, 9.17) is 0 Å². The molecule has 22 heavy (non-hydrogen) atoms. The quantitative estimate of drug-likeness (QED) is 0.560. The van der Waals surface area contributed by atoms with Crippen LogP contribution in [0.25, 0.3) is 0 Å². The van der Waals surface area contributed by atoms with Gasteiger partial charge in [-0.05, 0) is 39.8 Å². The van der Waals surface area contributed by atoms with Gasteiger partial charge in [-0.1, -0.05) is 6.92 Å². The molecule has 2 N–H and O–H groups in total. The number of hydrogen-bond donors (Lipinski definition) is 2. The van der Waals surface area contributed by atoms with Gasteiger partial charge in [-0.2, -0.15) is 0 Å². The van der Waals surface area contributed by atoms with Gasteiger partial charge in [0.15, 0.2) is 0 Å². The number of amides is 1. The maximum Gasteiger partial charge on any atom is 0.234 e. The number of unbranched alkanes of at least 4 members (excludes halogenated alkanes) is 1. The summed E-state index contributed by atoms with van der Waals surface area (Å²) in [6, 6.07) is -0.0504. The summed E-state index contributed by atoms with van der Waals surface area (Å²) in [6.07, 6.45) is 2.70. The van der Waals surface area contributed by atoms with Gasteiger partial charge in [0, 0.05) is 32.7 Å². The van der Waals surface area contributed by atoms with Gasteiger partial charge in [-0.3, -0.25) is 14.5 Å². The van der Waals surface area contributed by atoms with Gasteiger partial charge >= 0.3 is 0 Å². The van der Waals surface area contributed by atoms with Crippen molar-refractivity contribution in [1.29, 1.82) is 0 Å². The highest BCUT2D eigenvalue weighted by Crippen LogP contribution is 2.02. The molecule has 1 aliphatic rings. The van der Waals surface area contributed by atoms with Crippen molar-refractivity contribution in [1.82, 2.24) is 20.4 Å². The molecule has 0 unspecified atom stereocenters. The Morgan fingerprint density at radius 3 is 2.27 bits per heavy atom. The van der Waals surface area contributed by atoms with E-state index in [1.165, 1.54) is 0 Å². The zero-order valence-corrected chi connectivity index (χ0v) is 14.4. The third kappa shape index (κ3) is 7.33. The summed E-state index contributed by atoms with van der Waals surface area (Å²) in [5.74, 6) is 0.291. The number of piperazine rings is 1. The predicted octanol–water partition coefficient (Wildman–Crippen LogP) is 0.0874. The van der Waals surface area contributed by atoms with E-state index in [2.05, 4.69) is 27.4 Å². The monoisotopic (exact) mass is 312 g/mol. The highest BCUT2D eigenvalue weighted by Gasteiger charge is 2.17. The fourth-order valence-corrected chi connectivity index (χ4v) is 2.77. The van der Waals surface area contributed by atoms with Crippen molar-refractivity contribution in [2.75, 3.05) is 52.9 Å². The maximum atomic E-state index is 11.9. The third-order valence-electron chi connectivity index (χ3n) is 4.36. The molecule has 0 aliphatic carbocycles. The number of nitrogens with one attached hydrogen (secondary N) is 2. The minimum Gasteiger partial charge on any atom is -0.355 e. The first-order valence-electron chi connectivity index (χ1n) is 8.46. The molecule has 1 aliphatic heterocycles. The third-order valence-corrected chi connectivity index (χ3v) is 4.36. The molecule has 0 bridgehead atoms. The van der Waals surface area contributed by atoms with Crippen LogP contribution in [0.1, 0.15) is 33.1 Å². The number of hydrogen-bond acceptors (Lipinski definition) is 5. The van der Waals surface area contributed by atoms with Gasteiger partial charge in [-0.15, -0.1) is 0 Å². The molecule has 1 rings (SSSR count). The van der Waals surface area contributed by atoms with Crippen molar-refractivity contribution >= 4 is 11.7 Å². The van der Waals surface area contributed by atoms with Crippen LogP contribution < -0.4 is 10.6 Å². The average molecular weight is 312 g/mol. The number of likely N-dealkylation sites (N-methyl/N-ethyl adjacent to an activating group) is 2. The molecular weight excluding hydrogens is 280 g/mol. The molecule has 6 heteroatoms. The van der Waals surface area contributed by atoms with Crippen LogP contribution in [-0.2, 0) is 9.59 Å². The van der Waals surface area contributed by atoms with Crippen LogP contribution in [-0.4, -0.2) is 80.4 Å². The first-order chi connectivity index (χ1) is 10.6. The first kappa shape index (κ1) is 19.1. The Morgan fingerprint density at radius 1 is 1.09 bits per heavy atom. The number of Topliss-reactive ketones (excluding diaryl/α,β-unsaturated/α-hetero) is 1. The minimum absolute atomic E-state index is 0.0504. The lowest BCUT2D eigenvalue weighted by Crippen LogP contribution is -2.49. The van der Waals surface area contributed by atoms with Crippen LogP contribution in [0.4, 0.5) is 0 Å². The zero-order chi connectivity index (χ0) is 16.4. The highest BCUT2D eigenvalue weighted by molar-refractivity contribution is 5.81. The normalized spacial score (nSPS) is 18.1. The molecule has 1 amide bonds. The minimum atomic E-state index is -0.0504. The fourth-order valence-electron chi connectivity index (χ4n) is 2.77. The molecule has 1 atom stereocenters. The Hall–Kier alpha value is -0.980. The molecule has 6 nitrogen and oxygen atoms in total. The molecule has 0 saturated carbocycles. The summed E-state index contributed by atoms with van der Waals surface area (Å²) >= 11 is 0. The Morgan fingerprint density at radius 2 is 1.73 bits per heavy atom. The van der Waals surface area contributed by atoms with E-state index in [1.54, 1.807) is 6.92 Å². The molecule has 128 valence electrons. The van der Waals surface area contributed by atoms with Crippen LogP contribution in [0.5, 0.6) is 0 Å². The summed E-state index contributed by atoms with van der Waals surface area (Å²) < 4.78 is 0. The molecule has 1 heterocycles. The Kier molecular flexibility index (Phi) is 9.27. The van der Waals surface area contributed by atoms with Gasteiger partial charge in [0.1, 0.15) is 5.78 Å². The van der Waals surface area contributed by atoms with Gasteiger partial charge in [0.05, 0.1) is 12.6 Å². The SMILES string of the molecule is CCN1CCN(CC(=O)NCCCC[C@H](NC)C(C)=O)CC1. The van der Waals surface area contributed by atoms with Crippen molar-refractivity contribution in [3.05, 3.63) is 0 Å². The summed E-state index contributed by atoms with van der Waals surface area (Å²) in [4.78, 5) is 27.8. The number of carbonyl (C=O) groups is 2. The number of carbonyl (C=O) groups excluding carboxylic acids is 2. The largest absolute Gasteiger partial charge is 0.355 e. The van der Waals surface area contributed by atoms with E-state index in [9.17, 15) is 9.59 Å². The fraction of sp³-hybridized carbons (Fsp3) is 0.875. The smallest absolute Gasteiger partial charge is 0.234 e. The topological polar surface area (TPSA) is 64.7 Å². The van der Waals surface area contributed by atoms with Crippen LogP contribution in [0.2, 0.25) is 0 Å². The van der Waals surface area contributed by atoms with Crippen LogP contribution in [0.15, 0.2) is 0 Å². The van der Waals surface area contributed by atoms with Gasteiger partial charge in [0.25, 0.3) is 0 Å². The molecule has 0 aromatic rings. The standard InChI is InChI=1S/C16H32N4O2/c1-4-19-9-11-20(12-10-19)13-16(22)18-8-6-5-7-15(17-3)14(2)21/h15,17H,4-13H2,1-3H3,(H,18,22)/t15-/m0/s1. The van der Waals surface area contributed by atoms with Crippen LogP contribution in [0.3, 0.4) is 0 Å². The van der Waals surface area contributed by atoms with Crippen molar-refractivity contribution in [2.45, 2.75) is 39.2 Å². The second kappa shape index (κ2) is 10.7. The predicted molar refractivity (Wildman–Crippen MR) is 88.9 cm³/mol. The summed E-state index contributed by atoms with van der Waals surface area (Å²) in [7, 11) is 1.81. The molecule has 0 aromatic carbocycles. The zero-order valence-electron chi connectivity index (χ0n) is 14.4. The highest BCUT2D eigenvalue weighted by atomic mass is 16.2. The van der Waals surface area contributed by atoms with E-state index >= 15 is 0 Å². The van der Waals surface area contributed by atoms with E-state index in [1.807, 2.05) is 7.05 Å². The summed E-state index contributed by atoms with van der Waals surface area (Å²) in [5, 5.41) is 5.99. The van der Waals surface area contributed by atoms with E-state index in [0.717, 1.165) is 52.0 Å². The number of ketones is 1. The molecular formula is C16H32N4O2.